The lowest BCUT2D eigenvalue weighted by Gasteiger charge is -2.39. The molecule has 0 bridgehead atoms. The largest absolute Gasteiger partial charge is 0.321 e. The summed E-state index contributed by atoms with van der Waals surface area (Å²) in [4.78, 5) is 0. The van der Waals surface area contributed by atoms with E-state index >= 15 is 0 Å². The summed E-state index contributed by atoms with van der Waals surface area (Å²) >= 11 is 5.37. The molecule has 2 atom stereocenters. The Hall–Kier alpha value is 0.140. The summed E-state index contributed by atoms with van der Waals surface area (Å²) in [7, 11) is 0. The predicted molar refractivity (Wildman–Crippen MR) is 74.7 cm³/mol. The van der Waals surface area contributed by atoms with E-state index in [2.05, 4.69) is 40.5 Å². The van der Waals surface area contributed by atoms with Crippen molar-refractivity contribution in [2.75, 3.05) is 0 Å². The van der Waals surface area contributed by atoms with Crippen molar-refractivity contribution in [3.05, 3.63) is 20.8 Å². The molecule has 0 spiro atoms. The molecule has 16 heavy (non-hydrogen) atoms. The monoisotopic (exact) mass is 301 g/mol. The molecule has 1 aromatic heterocycles. The number of hydrogen-bond acceptors (Lipinski definition) is 2. The molecule has 1 nitrogen and oxygen atoms in total. The first-order chi connectivity index (χ1) is 7.53. The minimum atomic E-state index is -0.0912. The fourth-order valence-electron chi connectivity index (χ4n) is 2.80. The van der Waals surface area contributed by atoms with E-state index in [9.17, 15) is 0 Å². The molecule has 1 saturated carbocycles. The Morgan fingerprint density at radius 1 is 1.50 bits per heavy atom. The Bertz CT molecular complexity index is 361. The lowest BCUT2D eigenvalue weighted by molar-refractivity contribution is 0.184. The third kappa shape index (κ3) is 2.36. The van der Waals surface area contributed by atoms with Gasteiger partial charge in [0.15, 0.2) is 0 Å². The Balaban J connectivity index is 2.22. The molecule has 1 heterocycles. The summed E-state index contributed by atoms with van der Waals surface area (Å²) in [6.45, 7) is 4.64. The molecule has 0 aliphatic heterocycles. The fourth-order valence-corrected chi connectivity index (χ4v) is 4.60. The van der Waals surface area contributed by atoms with Gasteiger partial charge in [0.2, 0.25) is 0 Å². The second-order valence-corrected chi connectivity index (χ2v) is 6.99. The first-order valence-corrected chi connectivity index (χ1v) is 7.77. The summed E-state index contributed by atoms with van der Waals surface area (Å²) in [6, 6.07) is 0. The Morgan fingerprint density at radius 3 is 2.81 bits per heavy atom. The van der Waals surface area contributed by atoms with Crippen LogP contribution in [-0.2, 0) is 5.54 Å². The normalized spacial score (nSPS) is 30.9. The van der Waals surface area contributed by atoms with Crippen molar-refractivity contribution < 1.29 is 0 Å². The number of rotatable bonds is 2. The van der Waals surface area contributed by atoms with Crippen molar-refractivity contribution >= 4 is 27.3 Å². The summed E-state index contributed by atoms with van der Waals surface area (Å²) in [5, 5.41) is 4.36. The van der Waals surface area contributed by atoms with Crippen molar-refractivity contribution in [2.24, 2.45) is 17.6 Å². The van der Waals surface area contributed by atoms with Gasteiger partial charge in [0.05, 0.1) is 0 Å². The van der Waals surface area contributed by atoms with Gasteiger partial charge in [-0.2, -0.15) is 11.3 Å². The van der Waals surface area contributed by atoms with Crippen molar-refractivity contribution in [1.82, 2.24) is 0 Å². The van der Waals surface area contributed by atoms with Crippen molar-refractivity contribution in [1.29, 1.82) is 0 Å². The maximum atomic E-state index is 6.63. The molecule has 0 amide bonds. The van der Waals surface area contributed by atoms with Crippen LogP contribution in [0.1, 0.15) is 45.1 Å². The molecule has 1 aromatic rings. The first kappa shape index (κ1) is 12.6. The first-order valence-electron chi connectivity index (χ1n) is 6.04. The van der Waals surface area contributed by atoms with E-state index in [1.54, 1.807) is 11.3 Å². The molecule has 1 aliphatic rings. The van der Waals surface area contributed by atoms with E-state index < -0.39 is 0 Å². The van der Waals surface area contributed by atoms with E-state index in [1.165, 1.54) is 22.9 Å². The van der Waals surface area contributed by atoms with E-state index in [0.29, 0.717) is 0 Å². The van der Waals surface area contributed by atoms with Crippen LogP contribution in [0, 0.1) is 11.8 Å². The second-order valence-electron chi connectivity index (χ2n) is 5.39. The Kier molecular flexibility index (Phi) is 3.77. The molecule has 0 radical (unpaired) electrons. The van der Waals surface area contributed by atoms with Gasteiger partial charge in [-0.1, -0.05) is 26.7 Å². The quantitative estimate of drug-likeness (QED) is 0.854. The summed E-state index contributed by atoms with van der Waals surface area (Å²) in [5.74, 6) is 1.53. The maximum absolute atomic E-state index is 6.63. The van der Waals surface area contributed by atoms with Crippen molar-refractivity contribution in [3.63, 3.8) is 0 Å². The third-order valence-electron chi connectivity index (χ3n) is 3.92. The molecule has 0 aromatic carbocycles. The maximum Gasteiger partial charge on any atom is 0.0431 e. The molecular weight excluding hydrogens is 282 g/mol. The van der Waals surface area contributed by atoms with Gasteiger partial charge in [0, 0.05) is 15.4 Å². The lowest BCUT2D eigenvalue weighted by Crippen LogP contribution is -2.42. The van der Waals surface area contributed by atoms with Crippen molar-refractivity contribution in [2.45, 2.75) is 45.1 Å². The molecule has 2 unspecified atom stereocenters. The topological polar surface area (TPSA) is 26.0 Å². The van der Waals surface area contributed by atoms with Crippen LogP contribution in [0.25, 0.3) is 0 Å². The highest BCUT2D eigenvalue weighted by molar-refractivity contribution is 9.10. The Morgan fingerprint density at radius 2 is 2.25 bits per heavy atom. The second kappa shape index (κ2) is 4.79. The molecule has 2 rings (SSSR count). The van der Waals surface area contributed by atoms with Crippen LogP contribution >= 0.6 is 27.3 Å². The molecule has 0 saturated heterocycles. The van der Waals surface area contributed by atoms with Gasteiger partial charge >= 0.3 is 0 Å². The zero-order valence-corrected chi connectivity index (χ0v) is 12.4. The van der Waals surface area contributed by atoms with Crippen LogP contribution in [0.15, 0.2) is 15.2 Å². The van der Waals surface area contributed by atoms with E-state index in [4.69, 9.17) is 5.73 Å². The van der Waals surface area contributed by atoms with Crippen molar-refractivity contribution in [3.8, 4) is 0 Å². The van der Waals surface area contributed by atoms with Crippen LogP contribution < -0.4 is 5.73 Å². The van der Waals surface area contributed by atoms with Crippen LogP contribution in [0.3, 0.4) is 0 Å². The highest BCUT2D eigenvalue weighted by Crippen LogP contribution is 2.43. The fraction of sp³-hybridized carbons (Fsp3) is 0.692. The molecule has 2 N–H and O–H groups in total. The van der Waals surface area contributed by atoms with Gasteiger partial charge < -0.3 is 5.73 Å². The number of halogens is 1. The van der Waals surface area contributed by atoms with Gasteiger partial charge in [-0.15, -0.1) is 0 Å². The van der Waals surface area contributed by atoms with Crippen LogP contribution in [0.2, 0.25) is 0 Å². The van der Waals surface area contributed by atoms with Gasteiger partial charge in [-0.05, 0) is 51.6 Å². The molecule has 1 fully saturated rings. The number of nitrogens with two attached hydrogens (primary N) is 1. The standard InChI is InChI=1S/C13H20BrNS/c1-9(2)10-4-3-5-13(15,6-10)11-7-16-8-12(11)14/h7-10H,3-6,15H2,1-2H3. The van der Waals surface area contributed by atoms with E-state index in [-0.39, 0.29) is 5.54 Å². The zero-order chi connectivity index (χ0) is 11.8. The third-order valence-corrected chi connectivity index (χ3v) is 5.62. The number of hydrogen-bond donors (Lipinski definition) is 1. The summed E-state index contributed by atoms with van der Waals surface area (Å²) in [6.07, 6.45) is 4.88. The van der Waals surface area contributed by atoms with Gasteiger partial charge in [-0.3, -0.25) is 0 Å². The molecule has 3 heteroatoms. The van der Waals surface area contributed by atoms with Gasteiger partial charge in [0.1, 0.15) is 0 Å². The van der Waals surface area contributed by atoms with Crippen LogP contribution in [-0.4, -0.2) is 0 Å². The predicted octanol–water partition coefficient (Wildman–Crippen LogP) is 4.51. The average molecular weight is 302 g/mol. The SMILES string of the molecule is CC(C)C1CCCC(N)(c2cscc2Br)C1. The highest BCUT2D eigenvalue weighted by Gasteiger charge is 2.36. The molecule has 90 valence electrons. The molecule has 1 aliphatic carbocycles. The smallest absolute Gasteiger partial charge is 0.0431 e. The minimum Gasteiger partial charge on any atom is -0.321 e. The highest BCUT2D eigenvalue weighted by atomic mass is 79.9. The summed E-state index contributed by atoms with van der Waals surface area (Å²) in [5.41, 5.74) is 7.86. The minimum absolute atomic E-state index is 0.0912. The van der Waals surface area contributed by atoms with Gasteiger partial charge in [0.25, 0.3) is 0 Å². The van der Waals surface area contributed by atoms with E-state index in [0.717, 1.165) is 24.7 Å². The van der Waals surface area contributed by atoms with Crippen LogP contribution in [0.4, 0.5) is 0 Å². The van der Waals surface area contributed by atoms with Crippen LogP contribution in [0.5, 0.6) is 0 Å². The Labute approximate surface area is 111 Å². The zero-order valence-electron chi connectivity index (χ0n) is 10.0. The lowest BCUT2D eigenvalue weighted by atomic mass is 9.70. The van der Waals surface area contributed by atoms with Gasteiger partial charge in [-0.25, -0.2) is 0 Å². The van der Waals surface area contributed by atoms with E-state index in [1.807, 2.05) is 0 Å². The summed E-state index contributed by atoms with van der Waals surface area (Å²) < 4.78 is 1.20. The molecular formula is C13H20BrNS. The average Bonchev–Trinajstić information content (AvgIpc) is 2.65. The number of thiophene rings is 1.